The van der Waals surface area contributed by atoms with E-state index in [4.69, 9.17) is 0 Å². The van der Waals surface area contributed by atoms with Crippen molar-refractivity contribution in [3.8, 4) is 0 Å². The van der Waals surface area contributed by atoms with Gasteiger partial charge in [0, 0.05) is 11.6 Å². The highest BCUT2D eigenvalue weighted by Crippen LogP contribution is 2.32. The van der Waals surface area contributed by atoms with Crippen LogP contribution in [-0.4, -0.2) is 23.9 Å². The molecule has 0 fully saturated rings. The van der Waals surface area contributed by atoms with Crippen LogP contribution < -0.4 is 4.90 Å². The predicted molar refractivity (Wildman–Crippen MR) is 65.6 cm³/mol. The smallest absolute Gasteiger partial charge is 0.389 e. The molecule has 19 heavy (non-hydrogen) atoms. The Balaban J connectivity index is 3.30. The monoisotopic (exact) mass is 279 g/mol. The van der Waals surface area contributed by atoms with E-state index in [-0.39, 0.29) is 11.3 Å². The zero-order valence-electron chi connectivity index (χ0n) is 11.0. The number of benzene rings is 1. The number of anilines is 1. The number of para-hydroxylation sites is 1. The lowest BCUT2D eigenvalue weighted by atomic mass is 10.1. The van der Waals surface area contributed by atoms with Gasteiger partial charge in [-0.05, 0) is 26.8 Å². The van der Waals surface area contributed by atoms with Crippen LogP contribution in [0.3, 0.4) is 0 Å². The van der Waals surface area contributed by atoms with Gasteiger partial charge in [-0.2, -0.15) is 13.2 Å². The maximum absolute atomic E-state index is 13.9. The van der Waals surface area contributed by atoms with Crippen molar-refractivity contribution in [2.45, 2.75) is 39.1 Å². The number of aliphatic hydroxyl groups is 1. The number of rotatable bonds is 4. The number of halogens is 4. The molecule has 1 rings (SSSR count). The summed E-state index contributed by atoms with van der Waals surface area (Å²) in [5, 5.41) is 9.58. The Morgan fingerprint density at radius 3 is 2.21 bits per heavy atom. The quantitative estimate of drug-likeness (QED) is 0.850. The fourth-order valence-corrected chi connectivity index (χ4v) is 1.89. The zero-order chi connectivity index (χ0) is 14.8. The molecule has 0 spiro atoms. The molecular weight excluding hydrogens is 262 g/mol. The van der Waals surface area contributed by atoms with Crippen molar-refractivity contribution < 1.29 is 22.7 Å². The summed E-state index contributed by atoms with van der Waals surface area (Å²) in [6.45, 7) is 3.23. The van der Waals surface area contributed by atoms with Gasteiger partial charge in [0.2, 0.25) is 0 Å². The molecule has 0 unspecified atom stereocenters. The SMILES string of the molecule is CC(C)N(CC(F)(F)F)c1c(F)cccc1[C@@H](C)O. The molecule has 1 aromatic carbocycles. The summed E-state index contributed by atoms with van der Waals surface area (Å²) in [7, 11) is 0. The first-order chi connectivity index (χ1) is 8.63. The van der Waals surface area contributed by atoms with Crippen LogP contribution in [-0.2, 0) is 0 Å². The van der Waals surface area contributed by atoms with Crippen LogP contribution in [0.1, 0.15) is 32.4 Å². The molecule has 0 radical (unpaired) electrons. The Kier molecular flexibility index (Phi) is 4.79. The van der Waals surface area contributed by atoms with E-state index in [0.717, 1.165) is 11.0 Å². The van der Waals surface area contributed by atoms with E-state index in [1.807, 2.05) is 0 Å². The lowest BCUT2D eigenvalue weighted by Crippen LogP contribution is -2.40. The molecule has 1 atom stereocenters. The fraction of sp³-hybridized carbons (Fsp3) is 0.538. The molecule has 2 nitrogen and oxygen atoms in total. The fourth-order valence-electron chi connectivity index (χ4n) is 1.89. The van der Waals surface area contributed by atoms with Crippen molar-refractivity contribution in [1.29, 1.82) is 0 Å². The van der Waals surface area contributed by atoms with E-state index in [1.165, 1.54) is 19.1 Å². The number of aliphatic hydroxyl groups excluding tert-OH is 1. The second kappa shape index (κ2) is 5.77. The van der Waals surface area contributed by atoms with Gasteiger partial charge in [-0.3, -0.25) is 0 Å². The number of hydrogen-bond acceptors (Lipinski definition) is 2. The molecule has 0 saturated carbocycles. The molecule has 6 heteroatoms. The lowest BCUT2D eigenvalue weighted by Gasteiger charge is -2.32. The van der Waals surface area contributed by atoms with Gasteiger partial charge in [0.05, 0.1) is 11.8 Å². The molecule has 0 bridgehead atoms. The van der Waals surface area contributed by atoms with Crippen LogP contribution in [0.25, 0.3) is 0 Å². The Hall–Kier alpha value is -1.30. The summed E-state index contributed by atoms with van der Waals surface area (Å²) in [4.78, 5) is 0.914. The first-order valence-electron chi connectivity index (χ1n) is 5.93. The summed E-state index contributed by atoms with van der Waals surface area (Å²) in [6, 6.07) is 3.34. The molecule has 108 valence electrons. The van der Waals surface area contributed by atoms with Crippen LogP contribution >= 0.6 is 0 Å². The third kappa shape index (κ3) is 4.09. The molecule has 0 aliphatic rings. The minimum absolute atomic E-state index is 0.151. The summed E-state index contributed by atoms with van der Waals surface area (Å²) in [5.41, 5.74) is -0.0391. The molecule has 0 saturated heterocycles. The number of hydrogen-bond donors (Lipinski definition) is 1. The van der Waals surface area contributed by atoms with Crippen molar-refractivity contribution in [2.75, 3.05) is 11.4 Å². The number of nitrogens with zero attached hydrogens (tertiary/aromatic N) is 1. The van der Waals surface area contributed by atoms with E-state index in [9.17, 15) is 22.7 Å². The van der Waals surface area contributed by atoms with Gasteiger partial charge in [0.25, 0.3) is 0 Å². The highest BCUT2D eigenvalue weighted by Gasteiger charge is 2.34. The standard InChI is InChI=1S/C13H17F4NO/c1-8(2)18(7-13(15,16)17)12-10(9(3)19)5-4-6-11(12)14/h4-6,8-9,19H,7H2,1-3H3/t9-/m1/s1. The largest absolute Gasteiger partial charge is 0.405 e. The van der Waals surface area contributed by atoms with Crippen LogP contribution in [0, 0.1) is 5.82 Å². The van der Waals surface area contributed by atoms with Gasteiger partial charge in [0.1, 0.15) is 12.4 Å². The van der Waals surface area contributed by atoms with Gasteiger partial charge in [-0.15, -0.1) is 0 Å². The summed E-state index contributed by atoms with van der Waals surface area (Å²) >= 11 is 0. The highest BCUT2D eigenvalue weighted by atomic mass is 19.4. The molecule has 0 aromatic heterocycles. The maximum Gasteiger partial charge on any atom is 0.405 e. The Morgan fingerprint density at radius 1 is 1.21 bits per heavy atom. The van der Waals surface area contributed by atoms with Crippen molar-refractivity contribution in [1.82, 2.24) is 0 Å². The maximum atomic E-state index is 13.9. The Morgan fingerprint density at radius 2 is 1.79 bits per heavy atom. The van der Waals surface area contributed by atoms with Crippen LogP contribution in [0.4, 0.5) is 23.2 Å². The minimum Gasteiger partial charge on any atom is -0.389 e. The van der Waals surface area contributed by atoms with Gasteiger partial charge >= 0.3 is 6.18 Å². The van der Waals surface area contributed by atoms with E-state index in [0.29, 0.717) is 0 Å². The highest BCUT2D eigenvalue weighted by molar-refractivity contribution is 5.56. The van der Waals surface area contributed by atoms with Crippen LogP contribution in [0.15, 0.2) is 18.2 Å². The zero-order valence-corrected chi connectivity index (χ0v) is 11.0. The van der Waals surface area contributed by atoms with Gasteiger partial charge in [0.15, 0.2) is 0 Å². The molecule has 1 aromatic rings. The minimum atomic E-state index is -4.44. The normalized spacial score (nSPS) is 13.7. The summed E-state index contributed by atoms with van der Waals surface area (Å²) in [6.07, 6.45) is -5.48. The van der Waals surface area contributed by atoms with E-state index < -0.39 is 30.7 Å². The van der Waals surface area contributed by atoms with Crippen LogP contribution in [0.2, 0.25) is 0 Å². The van der Waals surface area contributed by atoms with Crippen molar-refractivity contribution >= 4 is 5.69 Å². The Labute approximate surface area is 109 Å². The molecule has 0 aliphatic carbocycles. The average Bonchev–Trinajstić information content (AvgIpc) is 2.24. The van der Waals surface area contributed by atoms with E-state index >= 15 is 0 Å². The molecule has 0 heterocycles. The van der Waals surface area contributed by atoms with E-state index in [2.05, 4.69) is 0 Å². The van der Waals surface area contributed by atoms with Crippen LogP contribution in [0.5, 0.6) is 0 Å². The van der Waals surface area contributed by atoms with Crippen molar-refractivity contribution in [2.24, 2.45) is 0 Å². The third-order valence-corrected chi connectivity index (χ3v) is 2.73. The average molecular weight is 279 g/mol. The number of alkyl halides is 3. The van der Waals surface area contributed by atoms with Gasteiger partial charge in [-0.25, -0.2) is 4.39 Å². The predicted octanol–water partition coefficient (Wildman–Crippen LogP) is 3.66. The lowest BCUT2D eigenvalue weighted by molar-refractivity contribution is -0.120. The van der Waals surface area contributed by atoms with Gasteiger partial charge in [-0.1, -0.05) is 12.1 Å². The first kappa shape index (κ1) is 15.8. The van der Waals surface area contributed by atoms with Crippen molar-refractivity contribution in [3.63, 3.8) is 0 Å². The second-order valence-electron chi connectivity index (χ2n) is 4.69. The first-order valence-corrected chi connectivity index (χ1v) is 5.93. The van der Waals surface area contributed by atoms with Crippen molar-refractivity contribution in [3.05, 3.63) is 29.6 Å². The second-order valence-corrected chi connectivity index (χ2v) is 4.69. The Bertz CT molecular complexity index is 429. The molecule has 1 N–H and O–H groups in total. The molecular formula is C13H17F4NO. The van der Waals surface area contributed by atoms with E-state index in [1.54, 1.807) is 13.8 Å². The third-order valence-electron chi connectivity index (χ3n) is 2.73. The topological polar surface area (TPSA) is 23.5 Å². The van der Waals surface area contributed by atoms with Gasteiger partial charge < -0.3 is 10.0 Å². The summed E-state index contributed by atoms with van der Waals surface area (Å²) < 4.78 is 51.6. The summed E-state index contributed by atoms with van der Waals surface area (Å²) in [5.74, 6) is -0.767. The molecule has 0 aliphatic heterocycles. The molecule has 0 amide bonds.